The van der Waals surface area contributed by atoms with Crippen molar-refractivity contribution < 1.29 is 61.5 Å². The first-order valence-electron chi connectivity index (χ1n) is 14.7. The fourth-order valence-corrected chi connectivity index (χ4v) is 8.95. The SMILES string of the molecule is C=C1C2C3OC4(C)OC(C)(C)C(C(OC(C)=O)C(=O)OC)C4(C)C1C(OC(C)=O)C(OC(C)=O)C2(C)C(c1ccoc1)OC3=O. The first kappa shape index (κ1) is 32.7. The predicted molar refractivity (Wildman–Crippen MR) is 150 cm³/mol. The fourth-order valence-electron chi connectivity index (χ4n) is 8.95. The van der Waals surface area contributed by atoms with Crippen molar-refractivity contribution in [1.29, 1.82) is 0 Å². The van der Waals surface area contributed by atoms with E-state index in [0.29, 0.717) is 11.1 Å². The van der Waals surface area contributed by atoms with Gasteiger partial charge in [0.15, 0.2) is 11.9 Å². The van der Waals surface area contributed by atoms with Crippen molar-refractivity contribution in [2.24, 2.45) is 28.6 Å². The Morgan fingerprint density at radius 3 is 2.13 bits per heavy atom. The number of ether oxygens (including phenoxy) is 7. The van der Waals surface area contributed by atoms with Crippen LogP contribution in [0.3, 0.4) is 0 Å². The zero-order valence-corrected chi connectivity index (χ0v) is 26.9. The molecule has 4 heterocycles. The number of carbonyl (C=O) groups is 5. The highest BCUT2D eigenvalue weighted by molar-refractivity contribution is 5.80. The summed E-state index contributed by atoms with van der Waals surface area (Å²) in [5.41, 5.74) is -3.14. The highest BCUT2D eigenvalue weighted by atomic mass is 16.7. The third-order valence-electron chi connectivity index (χ3n) is 10.3. The van der Waals surface area contributed by atoms with Crippen LogP contribution in [0.4, 0.5) is 0 Å². The topological polar surface area (TPSA) is 163 Å². The van der Waals surface area contributed by atoms with Gasteiger partial charge < -0.3 is 37.6 Å². The molecule has 45 heavy (non-hydrogen) atoms. The molecule has 0 amide bonds. The second-order valence-electron chi connectivity index (χ2n) is 13.4. The number of fused-ring (bicyclic) bond motifs is 3. The Morgan fingerprint density at radius 1 is 0.956 bits per heavy atom. The van der Waals surface area contributed by atoms with Gasteiger partial charge >= 0.3 is 29.8 Å². The number of carbonyl (C=O) groups excluding carboxylic acids is 5. The molecule has 11 unspecified atom stereocenters. The minimum atomic E-state index is -1.72. The van der Waals surface area contributed by atoms with Gasteiger partial charge in [-0.05, 0) is 26.8 Å². The van der Waals surface area contributed by atoms with E-state index in [2.05, 4.69) is 6.58 Å². The molecule has 0 aromatic carbocycles. The summed E-state index contributed by atoms with van der Waals surface area (Å²) in [5.74, 6) is -8.31. The normalized spacial score (nSPS) is 40.2. The van der Waals surface area contributed by atoms with E-state index in [9.17, 15) is 24.0 Å². The maximum Gasteiger partial charge on any atom is 0.347 e. The molecule has 13 nitrogen and oxygen atoms in total. The number of furan rings is 1. The monoisotopic (exact) mass is 632 g/mol. The van der Waals surface area contributed by atoms with E-state index < -0.39 is 100 Å². The second-order valence-corrected chi connectivity index (χ2v) is 13.4. The molecule has 0 N–H and O–H groups in total. The minimum absolute atomic E-state index is 0.422. The summed E-state index contributed by atoms with van der Waals surface area (Å²) in [6.07, 6.45) is -3.53. The molecule has 1 aliphatic carbocycles. The second kappa shape index (κ2) is 10.7. The van der Waals surface area contributed by atoms with E-state index in [4.69, 9.17) is 37.6 Å². The van der Waals surface area contributed by atoms with Gasteiger partial charge in [-0.15, -0.1) is 0 Å². The molecular weight excluding hydrogens is 592 g/mol. The van der Waals surface area contributed by atoms with Crippen molar-refractivity contribution >= 4 is 29.8 Å². The lowest BCUT2D eigenvalue weighted by atomic mass is 9.47. The summed E-state index contributed by atoms with van der Waals surface area (Å²) in [7, 11) is 1.16. The summed E-state index contributed by atoms with van der Waals surface area (Å²) >= 11 is 0. The minimum Gasteiger partial charge on any atom is -0.472 e. The van der Waals surface area contributed by atoms with Gasteiger partial charge in [0.25, 0.3) is 0 Å². The Kier molecular flexibility index (Phi) is 7.76. The molecule has 4 fully saturated rings. The van der Waals surface area contributed by atoms with Gasteiger partial charge in [-0.25, -0.2) is 9.59 Å². The van der Waals surface area contributed by atoms with Crippen LogP contribution in [-0.4, -0.2) is 72.8 Å². The van der Waals surface area contributed by atoms with Crippen LogP contribution in [-0.2, 0) is 57.1 Å². The van der Waals surface area contributed by atoms with Crippen molar-refractivity contribution in [3.63, 3.8) is 0 Å². The van der Waals surface area contributed by atoms with E-state index in [-0.39, 0.29) is 0 Å². The van der Waals surface area contributed by atoms with Crippen molar-refractivity contribution in [2.45, 2.75) is 97.3 Å². The van der Waals surface area contributed by atoms with Crippen molar-refractivity contribution in [1.82, 2.24) is 0 Å². The molecule has 1 saturated carbocycles. The van der Waals surface area contributed by atoms with E-state index in [0.717, 1.165) is 14.0 Å². The maximum absolute atomic E-state index is 13.9. The van der Waals surface area contributed by atoms with E-state index >= 15 is 0 Å². The highest BCUT2D eigenvalue weighted by Gasteiger charge is 2.80. The molecule has 5 rings (SSSR count). The Hall–Kier alpha value is -3.71. The summed E-state index contributed by atoms with van der Waals surface area (Å²) < 4.78 is 47.6. The van der Waals surface area contributed by atoms with Gasteiger partial charge in [0.1, 0.15) is 18.3 Å². The van der Waals surface area contributed by atoms with E-state index in [1.807, 2.05) is 0 Å². The summed E-state index contributed by atoms with van der Waals surface area (Å²) in [6.45, 7) is 16.6. The standard InChI is InChI=1S/C32H40O13/c1-14-19-22-28(37)43-25(18-11-12-39-13-18)30(19,7)26(42-17(4)35)21(40-15(2)33)20(14)31(8)24(23(27(36)38-10)41-16(3)34)29(5,6)45-32(31,9)44-22/h11-13,19-26H,1H2,2-10H3. The number of cyclic esters (lactones) is 1. The average molecular weight is 633 g/mol. The first-order chi connectivity index (χ1) is 20.8. The van der Waals surface area contributed by atoms with Gasteiger partial charge in [0.05, 0.1) is 30.7 Å². The molecule has 246 valence electrons. The van der Waals surface area contributed by atoms with Crippen LogP contribution in [0.5, 0.6) is 0 Å². The first-order valence-corrected chi connectivity index (χ1v) is 14.7. The molecule has 11 atom stereocenters. The van der Waals surface area contributed by atoms with Crippen LogP contribution < -0.4 is 0 Å². The molecule has 1 aromatic rings. The van der Waals surface area contributed by atoms with Gasteiger partial charge in [0.2, 0.25) is 6.10 Å². The van der Waals surface area contributed by atoms with Crippen molar-refractivity contribution in [2.75, 3.05) is 7.11 Å². The Labute approximate surface area is 260 Å². The molecule has 0 radical (unpaired) electrons. The quantitative estimate of drug-likeness (QED) is 0.255. The Morgan fingerprint density at radius 2 is 1.60 bits per heavy atom. The third-order valence-corrected chi connectivity index (χ3v) is 10.3. The molecule has 2 bridgehead atoms. The van der Waals surface area contributed by atoms with Crippen LogP contribution in [0.15, 0.2) is 35.2 Å². The highest BCUT2D eigenvalue weighted by Crippen LogP contribution is 2.72. The van der Waals surface area contributed by atoms with Crippen LogP contribution >= 0.6 is 0 Å². The van der Waals surface area contributed by atoms with Gasteiger partial charge in [-0.2, -0.15) is 0 Å². The largest absolute Gasteiger partial charge is 0.472 e. The molecule has 1 aromatic heterocycles. The number of methoxy groups -OCH3 is 1. The van der Waals surface area contributed by atoms with E-state index in [1.165, 1.54) is 26.4 Å². The molecule has 13 heteroatoms. The van der Waals surface area contributed by atoms with Crippen molar-refractivity contribution in [3.05, 3.63) is 36.3 Å². The fraction of sp³-hybridized carbons (Fsp3) is 0.656. The summed E-state index contributed by atoms with van der Waals surface area (Å²) in [5, 5.41) is 0. The molecule has 0 spiro atoms. The molecular formula is C32H40O13. The molecule has 3 aliphatic heterocycles. The van der Waals surface area contributed by atoms with Crippen molar-refractivity contribution in [3.8, 4) is 0 Å². The maximum atomic E-state index is 13.9. The van der Waals surface area contributed by atoms with Gasteiger partial charge in [-0.3, -0.25) is 14.4 Å². The average Bonchev–Trinajstić information content (AvgIpc) is 3.48. The molecule has 3 saturated heterocycles. The van der Waals surface area contributed by atoms with Crippen LogP contribution in [0.1, 0.15) is 67.1 Å². The zero-order valence-electron chi connectivity index (χ0n) is 26.9. The third kappa shape index (κ3) is 4.60. The lowest BCUT2D eigenvalue weighted by molar-refractivity contribution is -0.300. The Balaban J connectivity index is 1.85. The molecule has 4 aliphatic rings. The number of hydrogen-bond acceptors (Lipinski definition) is 13. The van der Waals surface area contributed by atoms with Crippen LogP contribution in [0.25, 0.3) is 0 Å². The number of rotatable bonds is 6. The van der Waals surface area contributed by atoms with Gasteiger partial charge in [-0.1, -0.05) is 26.0 Å². The lowest BCUT2D eigenvalue weighted by Gasteiger charge is -2.59. The summed E-state index contributed by atoms with van der Waals surface area (Å²) in [6, 6.07) is 1.63. The smallest absolute Gasteiger partial charge is 0.347 e. The van der Waals surface area contributed by atoms with Crippen LogP contribution in [0, 0.1) is 28.6 Å². The predicted octanol–water partition coefficient (Wildman–Crippen LogP) is 3.20. The summed E-state index contributed by atoms with van der Waals surface area (Å²) in [4.78, 5) is 65.3. The number of esters is 5. The lowest BCUT2D eigenvalue weighted by Crippen LogP contribution is -2.68. The van der Waals surface area contributed by atoms with Gasteiger partial charge in [0, 0.05) is 49.5 Å². The Bertz CT molecular complexity index is 1430. The zero-order chi connectivity index (χ0) is 33.4. The van der Waals surface area contributed by atoms with E-state index in [1.54, 1.807) is 40.7 Å². The number of hydrogen-bond donors (Lipinski definition) is 0. The van der Waals surface area contributed by atoms with Crippen LogP contribution in [0.2, 0.25) is 0 Å².